The maximum absolute atomic E-state index is 5.53. The number of ether oxygens (including phenoxy) is 1. The van der Waals surface area contributed by atoms with Crippen LogP contribution in [0, 0.1) is 5.41 Å². The van der Waals surface area contributed by atoms with Gasteiger partial charge in [0.25, 0.3) is 0 Å². The molecule has 1 heterocycles. The first kappa shape index (κ1) is 19.5. The van der Waals surface area contributed by atoms with E-state index in [1.165, 1.54) is 51.7 Å². The molecule has 2 rings (SSSR count). The third-order valence-electron chi connectivity index (χ3n) is 5.32. The number of nitrogens with zero attached hydrogens (tertiary/aromatic N) is 2. The van der Waals surface area contributed by atoms with Crippen molar-refractivity contribution in [1.29, 1.82) is 0 Å². The Hall–Kier alpha value is -0.810. The van der Waals surface area contributed by atoms with Crippen LogP contribution in [-0.4, -0.2) is 62.8 Å². The Morgan fingerprint density at radius 2 is 1.96 bits per heavy atom. The van der Waals surface area contributed by atoms with E-state index in [4.69, 9.17) is 9.73 Å². The Morgan fingerprint density at radius 1 is 1.21 bits per heavy atom. The smallest absolute Gasteiger partial charge is 0.191 e. The van der Waals surface area contributed by atoms with Crippen LogP contribution < -0.4 is 10.6 Å². The van der Waals surface area contributed by atoms with Crippen molar-refractivity contribution in [1.82, 2.24) is 15.5 Å². The SMILES string of the molecule is CCCN1CCC(NC(=NCC2(CCOCC)CC2)NCC)CC1. The number of likely N-dealkylation sites (tertiary alicyclic amines) is 1. The van der Waals surface area contributed by atoms with Gasteiger partial charge < -0.3 is 20.3 Å². The average molecular weight is 339 g/mol. The fourth-order valence-corrected chi connectivity index (χ4v) is 3.47. The van der Waals surface area contributed by atoms with Gasteiger partial charge in [0.05, 0.1) is 0 Å². The molecule has 0 spiro atoms. The molecule has 0 aromatic carbocycles. The molecule has 0 bridgehead atoms. The minimum absolute atomic E-state index is 0.419. The van der Waals surface area contributed by atoms with E-state index in [2.05, 4.69) is 36.3 Å². The Labute approximate surface area is 148 Å². The van der Waals surface area contributed by atoms with Crippen molar-refractivity contribution < 1.29 is 4.74 Å². The van der Waals surface area contributed by atoms with E-state index in [1.807, 2.05) is 0 Å². The van der Waals surface area contributed by atoms with Gasteiger partial charge in [0.1, 0.15) is 0 Å². The second-order valence-corrected chi connectivity index (χ2v) is 7.40. The van der Waals surface area contributed by atoms with Crippen LogP contribution in [0.5, 0.6) is 0 Å². The second kappa shape index (κ2) is 10.2. The van der Waals surface area contributed by atoms with Gasteiger partial charge in [-0.05, 0) is 64.3 Å². The van der Waals surface area contributed by atoms with Crippen LogP contribution >= 0.6 is 0 Å². The molecule has 24 heavy (non-hydrogen) atoms. The summed E-state index contributed by atoms with van der Waals surface area (Å²) in [6.45, 7) is 13.7. The number of rotatable bonds is 10. The summed E-state index contributed by atoms with van der Waals surface area (Å²) in [6.07, 6.45) is 7.46. The van der Waals surface area contributed by atoms with Crippen molar-refractivity contribution in [3.05, 3.63) is 0 Å². The molecule has 0 amide bonds. The summed E-state index contributed by atoms with van der Waals surface area (Å²) in [4.78, 5) is 7.48. The van der Waals surface area contributed by atoms with Gasteiger partial charge >= 0.3 is 0 Å². The van der Waals surface area contributed by atoms with E-state index in [0.29, 0.717) is 11.5 Å². The van der Waals surface area contributed by atoms with Crippen LogP contribution in [0.1, 0.15) is 59.3 Å². The lowest BCUT2D eigenvalue weighted by atomic mass is 10.0. The summed E-state index contributed by atoms with van der Waals surface area (Å²) >= 11 is 0. The molecule has 5 nitrogen and oxygen atoms in total. The normalized spacial score (nSPS) is 21.7. The van der Waals surface area contributed by atoms with Crippen molar-refractivity contribution in [3.8, 4) is 0 Å². The quantitative estimate of drug-likeness (QED) is 0.365. The zero-order valence-corrected chi connectivity index (χ0v) is 16.1. The predicted molar refractivity (Wildman–Crippen MR) is 102 cm³/mol. The summed E-state index contributed by atoms with van der Waals surface area (Å²) in [7, 11) is 0. The predicted octanol–water partition coefficient (Wildman–Crippen LogP) is 2.62. The molecule has 2 fully saturated rings. The summed E-state index contributed by atoms with van der Waals surface area (Å²) in [5, 5.41) is 7.10. The molecule has 0 atom stereocenters. The summed E-state index contributed by atoms with van der Waals surface area (Å²) < 4.78 is 5.53. The van der Waals surface area contributed by atoms with Gasteiger partial charge in [0.2, 0.25) is 0 Å². The molecule has 1 saturated carbocycles. The first-order chi connectivity index (χ1) is 11.7. The lowest BCUT2D eigenvalue weighted by molar-refractivity contribution is 0.129. The number of piperidine rings is 1. The number of hydrogen-bond acceptors (Lipinski definition) is 3. The van der Waals surface area contributed by atoms with Crippen LogP contribution in [0.3, 0.4) is 0 Å². The van der Waals surface area contributed by atoms with Gasteiger partial charge in [-0.2, -0.15) is 0 Å². The highest BCUT2D eigenvalue weighted by molar-refractivity contribution is 5.80. The highest BCUT2D eigenvalue weighted by Gasteiger charge is 2.41. The molecule has 0 unspecified atom stereocenters. The summed E-state index contributed by atoms with van der Waals surface area (Å²) in [5.74, 6) is 1.01. The van der Waals surface area contributed by atoms with E-state index in [9.17, 15) is 0 Å². The summed E-state index contributed by atoms with van der Waals surface area (Å²) in [5.41, 5.74) is 0.419. The van der Waals surface area contributed by atoms with Crippen molar-refractivity contribution >= 4 is 5.96 Å². The molecular formula is C19H38N4O. The monoisotopic (exact) mass is 338 g/mol. The topological polar surface area (TPSA) is 48.9 Å². The van der Waals surface area contributed by atoms with Gasteiger partial charge in [-0.1, -0.05) is 6.92 Å². The van der Waals surface area contributed by atoms with Gasteiger partial charge in [-0.25, -0.2) is 0 Å². The number of hydrogen-bond donors (Lipinski definition) is 2. The molecular weight excluding hydrogens is 300 g/mol. The van der Waals surface area contributed by atoms with Crippen molar-refractivity contribution in [2.45, 2.75) is 65.3 Å². The molecule has 5 heteroatoms. The second-order valence-electron chi connectivity index (χ2n) is 7.40. The molecule has 1 saturated heterocycles. The Morgan fingerprint density at radius 3 is 2.54 bits per heavy atom. The first-order valence-corrected chi connectivity index (χ1v) is 10.1. The highest BCUT2D eigenvalue weighted by atomic mass is 16.5. The maximum atomic E-state index is 5.53. The van der Waals surface area contributed by atoms with E-state index < -0.39 is 0 Å². The van der Waals surface area contributed by atoms with E-state index in [-0.39, 0.29) is 0 Å². The third-order valence-corrected chi connectivity index (χ3v) is 5.32. The number of guanidine groups is 1. The minimum atomic E-state index is 0.419. The zero-order chi connectivity index (χ0) is 17.3. The maximum Gasteiger partial charge on any atom is 0.191 e. The molecule has 1 aliphatic carbocycles. The minimum Gasteiger partial charge on any atom is -0.382 e. The summed E-state index contributed by atoms with van der Waals surface area (Å²) in [6, 6.07) is 0.564. The van der Waals surface area contributed by atoms with Crippen LogP contribution in [0.15, 0.2) is 4.99 Å². The van der Waals surface area contributed by atoms with E-state index >= 15 is 0 Å². The molecule has 0 radical (unpaired) electrons. The van der Waals surface area contributed by atoms with Crippen LogP contribution in [0.4, 0.5) is 0 Å². The number of nitrogens with one attached hydrogen (secondary N) is 2. The zero-order valence-electron chi connectivity index (χ0n) is 16.1. The lowest BCUT2D eigenvalue weighted by Gasteiger charge is -2.33. The van der Waals surface area contributed by atoms with E-state index in [0.717, 1.165) is 38.7 Å². The van der Waals surface area contributed by atoms with Crippen LogP contribution in [-0.2, 0) is 4.74 Å². The third kappa shape index (κ3) is 6.60. The fourth-order valence-electron chi connectivity index (χ4n) is 3.47. The van der Waals surface area contributed by atoms with Crippen LogP contribution in [0.2, 0.25) is 0 Å². The van der Waals surface area contributed by atoms with E-state index in [1.54, 1.807) is 0 Å². The molecule has 1 aliphatic heterocycles. The molecule has 0 aromatic heterocycles. The standard InChI is InChI=1S/C19H38N4O/c1-4-12-23-13-7-17(8-14-23)22-18(20-5-2)21-16-19(9-10-19)11-15-24-6-3/h17H,4-16H2,1-3H3,(H2,20,21,22). The van der Waals surface area contributed by atoms with Crippen molar-refractivity contribution in [2.24, 2.45) is 10.4 Å². The molecule has 2 N–H and O–H groups in total. The fraction of sp³-hybridized carbons (Fsp3) is 0.947. The number of aliphatic imine (C=N–C) groups is 1. The van der Waals surface area contributed by atoms with Gasteiger partial charge in [-0.3, -0.25) is 4.99 Å². The Balaban J connectivity index is 1.77. The van der Waals surface area contributed by atoms with Gasteiger partial charge in [0, 0.05) is 45.4 Å². The lowest BCUT2D eigenvalue weighted by Crippen LogP contribution is -2.49. The van der Waals surface area contributed by atoms with Crippen molar-refractivity contribution in [2.75, 3.05) is 45.9 Å². The molecule has 140 valence electrons. The molecule has 0 aromatic rings. The largest absolute Gasteiger partial charge is 0.382 e. The van der Waals surface area contributed by atoms with Crippen LogP contribution in [0.25, 0.3) is 0 Å². The van der Waals surface area contributed by atoms with Crippen molar-refractivity contribution in [3.63, 3.8) is 0 Å². The first-order valence-electron chi connectivity index (χ1n) is 10.1. The van der Waals surface area contributed by atoms with Gasteiger partial charge in [-0.15, -0.1) is 0 Å². The highest BCUT2D eigenvalue weighted by Crippen LogP contribution is 2.49. The van der Waals surface area contributed by atoms with Gasteiger partial charge in [0.15, 0.2) is 5.96 Å². The Kier molecular flexibility index (Phi) is 8.33. The Bertz CT molecular complexity index is 374. The average Bonchev–Trinajstić information content (AvgIpc) is 3.35. The molecule has 2 aliphatic rings.